The molecular formula is C15H28N2OS. The van der Waals surface area contributed by atoms with E-state index in [0.717, 1.165) is 19.6 Å². The lowest BCUT2D eigenvalue weighted by molar-refractivity contribution is -0.131. The number of piperidine rings is 1. The number of nitrogens with one attached hydrogen (secondary N) is 1. The number of thioether (sulfide) groups is 1. The van der Waals surface area contributed by atoms with Crippen molar-refractivity contribution in [2.24, 2.45) is 0 Å². The molecule has 1 aliphatic heterocycles. The van der Waals surface area contributed by atoms with Gasteiger partial charge in [-0.3, -0.25) is 4.79 Å². The summed E-state index contributed by atoms with van der Waals surface area (Å²) < 4.78 is 0. The van der Waals surface area contributed by atoms with Crippen LogP contribution in [0.5, 0.6) is 0 Å². The summed E-state index contributed by atoms with van der Waals surface area (Å²) in [6.07, 6.45) is 8.83. The molecule has 19 heavy (non-hydrogen) atoms. The Labute approximate surface area is 121 Å². The first-order valence-corrected chi connectivity index (χ1v) is 8.98. The van der Waals surface area contributed by atoms with Crippen LogP contribution < -0.4 is 5.32 Å². The van der Waals surface area contributed by atoms with E-state index in [2.05, 4.69) is 17.1 Å². The Morgan fingerprint density at radius 2 is 1.84 bits per heavy atom. The van der Waals surface area contributed by atoms with Crippen LogP contribution in [0, 0.1) is 0 Å². The first kappa shape index (κ1) is 15.2. The Kier molecular flexibility index (Phi) is 6.51. The number of amides is 1. The van der Waals surface area contributed by atoms with E-state index in [9.17, 15) is 4.79 Å². The van der Waals surface area contributed by atoms with E-state index in [1.807, 2.05) is 11.8 Å². The van der Waals surface area contributed by atoms with Gasteiger partial charge in [-0.15, -0.1) is 11.8 Å². The van der Waals surface area contributed by atoms with Crippen LogP contribution in [0.3, 0.4) is 0 Å². The molecule has 1 saturated heterocycles. The minimum Gasteiger partial charge on any atom is -0.339 e. The largest absolute Gasteiger partial charge is 0.339 e. The summed E-state index contributed by atoms with van der Waals surface area (Å²) in [6.45, 7) is 5.25. The molecule has 0 bridgehead atoms. The summed E-state index contributed by atoms with van der Waals surface area (Å²) in [5.41, 5.74) is 0. The second-order valence-corrected chi connectivity index (χ2v) is 7.02. The van der Waals surface area contributed by atoms with Crippen molar-refractivity contribution < 1.29 is 4.79 Å². The maximum absolute atomic E-state index is 12.4. The lowest BCUT2D eigenvalue weighted by atomic mass is 9.94. The van der Waals surface area contributed by atoms with Crippen LogP contribution in [-0.4, -0.2) is 47.5 Å². The van der Waals surface area contributed by atoms with Crippen molar-refractivity contribution in [3.8, 4) is 0 Å². The van der Waals surface area contributed by atoms with Gasteiger partial charge in [-0.05, 0) is 45.7 Å². The number of nitrogens with zero attached hydrogens (tertiary/aromatic N) is 1. The third-order valence-electron chi connectivity index (χ3n) is 4.41. The Morgan fingerprint density at radius 1 is 1.16 bits per heavy atom. The minimum atomic E-state index is 0.373. The van der Waals surface area contributed by atoms with Gasteiger partial charge in [0.05, 0.1) is 5.75 Å². The van der Waals surface area contributed by atoms with E-state index >= 15 is 0 Å². The molecule has 0 aromatic heterocycles. The molecule has 1 heterocycles. The topological polar surface area (TPSA) is 32.3 Å². The number of hydrogen-bond donors (Lipinski definition) is 1. The zero-order valence-electron chi connectivity index (χ0n) is 12.2. The lowest BCUT2D eigenvalue weighted by Gasteiger charge is -2.34. The molecule has 0 unspecified atom stereocenters. The molecule has 0 spiro atoms. The predicted molar refractivity (Wildman–Crippen MR) is 82.6 cm³/mol. The second kappa shape index (κ2) is 8.15. The normalized spacial score (nSPS) is 22.4. The van der Waals surface area contributed by atoms with E-state index in [-0.39, 0.29) is 0 Å². The van der Waals surface area contributed by atoms with Gasteiger partial charge in [0, 0.05) is 17.8 Å². The van der Waals surface area contributed by atoms with Gasteiger partial charge in [0.15, 0.2) is 0 Å². The molecule has 2 aliphatic rings. The molecule has 0 radical (unpaired) electrons. The van der Waals surface area contributed by atoms with E-state index in [4.69, 9.17) is 0 Å². The van der Waals surface area contributed by atoms with Crippen LogP contribution in [0.25, 0.3) is 0 Å². The Morgan fingerprint density at radius 3 is 2.47 bits per heavy atom. The van der Waals surface area contributed by atoms with Crippen molar-refractivity contribution in [3.63, 3.8) is 0 Å². The summed E-state index contributed by atoms with van der Waals surface area (Å²) in [4.78, 5) is 14.6. The van der Waals surface area contributed by atoms with Gasteiger partial charge in [-0.25, -0.2) is 0 Å². The number of rotatable bonds is 5. The monoisotopic (exact) mass is 284 g/mol. The maximum atomic E-state index is 12.4. The molecule has 1 amide bonds. The molecule has 0 aromatic carbocycles. The molecule has 1 aliphatic carbocycles. The van der Waals surface area contributed by atoms with Crippen molar-refractivity contribution in [2.75, 3.05) is 25.4 Å². The van der Waals surface area contributed by atoms with Gasteiger partial charge in [0.1, 0.15) is 0 Å². The number of hydrogen-bond acceptors (Lipinski definition) is 3. The second-order valence-electron chi connectivity index (χ2n) is 5.73. The van der Waals surface area contributed by atoms with Crippen molar-refractivity contribution in [2.45, 2.75) is 63.2 Å². The van der Waals surface area contributed by atoms with Gasteiger partial charge >= 0.3 is 0 Å². The SMILES string of the molecule is CCN(C(=O)CSC1CCNCC1)C1CCCCC1. The maximum Gasteiger partial charge on any atom is 0.232 e. The number of carbonyl (C=O) groups is 1. The number of carbonyl (C=O) groups excluding carboxylic acids is 1. The zero-order chi connectivity index (χ0) is 13.5. The van der Waals surface area contributed by atoms with Crippen LogP contribution >= 0.6 is 11.8 Å². The standard InChI is InChI=1S/C15H28N2OS/c1-2-17(13-6-4-3-5-7-13)15(18)12-19-14-8-10-16-11-9-14/h13-14,16H,2-12H2,1H3. The average Bonchev–Trinajstić information content (AvgIpc) is 2.48. The van der Waals surface area contributed by atoms with Crippen molar-refractivity contribution in [1.82, 2.24) is 10.2 Å². The van der Waals surface area contributed by atoms with Crippen LogP contribution in [0.2, 0.25) is 0 Å². The molecule has 0 aromatic rings. The molecule has 2 fully saturated rings. The van der Waals surface area contributed by atoms with Crippen molar-refractivity contribution >= 4 is 17.7 Å². The molecule has 110 valence electrons. The summed E-state index contributed by atoms with van der Waals surface area (Å²) in [7, 11) is 0. The molecule has 4 heteroatoms. The average molecular weight is 284 g/mol. The van der Waals surface area contributed by atoms with Crippen molar-refractivity contribution in [1.29, 1.82) is 0 Å². The summed E-state index contributed by atoms with van der Waals surface area (Å²) in [5.74, 6) is 1.06. The van der Waals surface area contributed by atoms with Crippen LogP contribution in [0.15, 0.2) is 0 Å². The fourth-order valence-electron chi connectivity index (χ4n) is 3.27. The third kappa shape index (κ3) is 4.67. The Hall–Kier alpha value is -0.220. The highest BCUT2D eigenvalue weighted by atomic mass is 32.2. The molecule has 1 N–H and O–H groups in total. The van der Waals surface area contributed by atoms with Gasteiger partial charge in [-0.1, -0.05) is 19.3 Å². The minimum absolute atomic E-state index is 0.373. The summed E-state index contributed by atoms with van der Waals surface area (Å²) in [5, 5.41) is 4.07. The van der Waals surface area contributed by atoms with E-state index in [0.29, 0.717) is 23.0 Å². The van der Waals surface area contributed by atoms with Gasteiger partial charge in [0.2, 0.25) is 5.91 Å². The lowest BCUT2D eigenvalue weighted by Crippen LogP contribution is -2.42. The third-order valence-corrected chi connectivity index (χ3v) is 5.76. The molecule has 0 atom stereocenters. The predicted octanol–water partition coefficient (Wildman–Crippen LogP) is 2.65. The molecule has 2 rings (SSSR count). The quantitative estimate of drug-likeness (QED) is 0.842. The molecule has 1 saturated carbocycles. The molecule has 3 nitrogen and oxygen atoms in total. The molecular weight excluding hydrogens is 256 g/mol. The van der Waals surface area contributed by atoms with Crippen LogP contribution in [0.4, 0.5) is 0 Å². The van der Waals surface area contributed by atoms with E-state index in [1.54, 1.807) is 0 Å². The first-order chi connectivity index (χ1) is 9.31. The first-order valence-electron chi connectivity index (χ1n) is 7.93. The summed E-state index contributed by atoms with van der Waals surface area (Å²) in [6, 6.07) is 0.528. The smallest absolute Gasteiger partial charge is 0.232 e. The van der Waals surface area contributed by atoms with Crippen LogP contribution in [0.1, 0.15) is 51.9 Å². The van der Waals surface area contributed by atoms with Crippen molar-refractivity contribution in [3.05, 3.63) is 0 Å². The fraction of sp³-hybridized carbons (Fsp3) is 0.933. The highest BCUT2D eigenvalue weighted by Gasteiger charge is 2.24. The van der Waals surface area contributed by atoms with E-state index in [1.165, 1.54) is 44.9 Å². The Bertz CT molecular complexity index is 273. The van der Waals surface area contributed by atoms with Gasteiger partial charge in [-0.2, -0.15) is 0 Å². The van der Waals surface area contributed by atoms with E-state index < -0.39 is 0 Å². The van der Waals surface area contributed by atoms with Crippen LogP contribution in [-0.2, 0) is 4.79 Å². The fourth-order valence-corrected chi connectivity index (χ4v) is 4.38. The highest BCUT2D eigenvalue weighted by Crippen LogP contribution is 2.25. The zero-order valence-corrected chi connectivity index (χ0v) is 13.0. The highest BCUT2D eigenvalue weighted by molar-refractivity contribution is 8.00. The Balaban J connectivity index is 1.75. The van der Waals surface area contributed by atoms with Gasteiger partial charge in [0.25, 0.3) is 0 Å². The summed E-state index contributed by atoms with van der Waals surface area (Å²) >= 11 is 1.88. The van der Waals surface area contributed by atoms with Gasteiger partial charge < -0.3 is 10.2 Å².